The van der Waals surface area contributed by atoms with Gasteiger partial charge in [0.25, 0.3) is 0 Å². The van der Waals surface area contributed by atoms with Gasteiger partial charge in [-0.1, -0.05) is 24.9 Å². The lowest BCUT2D eigenvalue weighted by molar-refractivity contribution is 0.299. The Morgan fingerprint density at radius 1 is 1.15 bits per heavy atom. The van der Waals surface area contributed by atoms with Crippen molar-refractivity contribution in [3.63, 3.8) is 0 Å². The molecule has 20 heavy (non-hydrogen) atoms. The van der Waals surface area contributed by atoms with Crippen molar-refractivity contribution in [2.45, 2.75) is 65.5 Å². The monoisotopic (exact) mass is 280 g/mol. The van der Waals surface area contributed by atoms with Crippen molar-refractivity contribution in [1.82, 2.24) is 15.5 Å². The normalized spacial score (nSPS) is 23.8. The summed E-state index contributed by atoms with van der Waals surface area (Å²) in [5, 5.41) is 14.7. The zero-order chi connectivity index (χ0) is 14.6. The molecule has 1 fully saturated rings. The molecule has 0 unspecified atom stereocenters. The number of anilines is 1. The minimum absolute atomic E-state index is 0.0564. The summed E-state index contributed by atoms with van der Waals surface area (Å²) in [5.74, 6) is 2.28. The van der Waals surface area contributed by atoms with Crippen molar-refractivity contribution in [1.29, 1.82) is 0 Å². The van der Waals surface area contributed by atoms with Gasteiger partial charge in [-0.15, -0.1) is 5.10 Å². The predicted octanol–water partition coefficient (Wildman–Crippen LogP) is 3.20. The molecule has 0 spiro atoms. The Balaban J connectivity index is 1.72. The standard InChI is InChI=1S/C15H28N4O/c1-11-5-7-12(8-6-11)9-16-14-19-18-13(20-14)10-17-15(2,3)4/h11-12,17H,5-10H2,1-4H3,(H,16,19). The van der Waals surface area contributed by atoms with Crippen LogP contribution in [0.3, 0.4) is 0 Å². The summed E-state index contributed by atoms with van der Waals surface area (Å²) in [7, 11) is 0. The van der Waals surface area contributed by atoms with E-state index < -0.39 is 0 Å². The van der Waals surface area contributed by atoms with Crippen molar-refractivity contribution in [2.75, 3.05) is 11.9 Å². The summed E-state index contributed by atoms with van der Waals surface area (Å²) in [6.45, 7) is 10.3. The third-order valence-corrected chi connectivity index (χ3v) is 3.91. The molecule has 0 atom stereocenters. The molecule has 0 amide bonds. The van der Waals surface area contributed by atoms with E-state index in [1.54, 1.807) is 0 Å². The van der Waals surface area contributed by atoms with Crippen LogP contribution in [0.2, 0.25) is 0 Å². The minimum atomic E-state index is 0.0564. The van der Waals surface area contributed by atoms with E-state index in [0.717, 1.165) is 18.4 Å². The second-order valence-corrected chi connectivity index (χ2v) is 7.11. The quantitative estimate of drug-likeness (QED) is 0.867. The molecule has 1 aliphatic rings. The van der Waals surface area contributed by atoms with Gasteiger partial charge >= 0.3 is 6.01 Å². The van der Waals surface area contributed by atoms with Crippen molar-refractivity contribution < 1.29 is 4.42 Å². The maximum Gasteiger partial charge on any atom is 0.315 e. The van der Waals surface area contributed by atoms with E-state index in [1.165, 1.54) is 25.7 Å². The molecule has 5 nitrogen and oxygen atoms in total. The minimum Gasteiger partial charge on any atom is -0.407 e. The number of hydrogen-bond acceptors (Lipinski definition) is 5. The zero-order valence-corrected chi connectivity index (χ0v) is 13.2. The number of nitrogens with zero attached hydrogens (tertiary/aromatic N) is 2. The first-order chi connectivity index (χ1) is 9.42. The fourth-order valence-corrected chi connectivity index (χ4v) is 2.50. The molecule has 5 heteroatoms. The largest absolute Gasteiger partial charge is 0.407 e. The Morgan fingerprint density at radius 3 is 2.50 bits per heavy atom. The molecule has 2 N–H and O–H groups in total. The van der Waals surface area contributed by atoms with Gasteiger partial charge in [-0.25, -0.2) is 0 Å². The van der Waals surface area contributed by atoms with Gasteiger partial charge in [0, 0.05) is 12.1 Å². The van der Waals surface area contributed by atoms with E-state index in [4.69, 9.17) is 4.42 Å². The lowest BCUT2D eigenvalue weighted by Crippen LogP contribution is -2.35. The maximum absolute atomic E-state index is 5.60. The Hall–Kier alpha value is -1.10. The first-order valence-corrected chi connectivity index (χ1v) is 7.73. The highest BCUT2D eigenvalue weighted by atomic mass is 16.4. The van der Waals surface area contributed by atoms with Crippen LogP contribution in [0, 0.1) is 11.8 Å². The van der Waals surface area contributed by atoms with Crippen molar-refractivity contribution in [3.05, 3.63) is 5.89 Å². The third kappa shape index (κ3) is 5.12. The predicted molar refractivity (Wildman–Crippen MR) is 80.5 cm³/mol. The second-order valence-electron chi connectivity index (χ2n) is 7.11. The average Bonchev–Trinajstić information content (AvgIpc) is 2.83. The van der Waals surface area contributed by atoms with Crippen molar-refractivity contribution >= 4 is 6.01 Å². The Morgan fingerprint density at radius 2 is 1.85 bits per heavy atom. The molecular weight excluding hydrogens is 252 g/mol. The van der Waals surface area contributed by atoms with Crippen LogP contribution in [0.5, 0.6) is 0 Å². The van der Waals surface area contributed by atoms with Gasteiger partial charge in [0.05, 0.1) is 6.54 Å². The smallest absolute Gasteiger partial charge is 0.315 e. The molecule has 1 saturated carbocycles. The average molecular weight is 280 g/mol. The van der Waals surface area contributed by atoms with Gasteiger partial charge in [-0.2, -0.15) is 0 Å². The van der Waals surface area contributed by atoms with E-state index in [9.17, 15) is 0 Å². The van der Waals surface area contributed by atoms with Gasteiger partial charge in [0.1, 0.15) is 0 Å². The van der Waals surface area contributed by atoms with Gasteiger partial charge in [-0.3, -0.25) is 0 Å². The van der Waals surface area contributed by atoms with E-state index in [1.807, 2.05) is 0 Å². The summed E-state index contributed by atoms with van der Waals surface area (Å²) in [5.41, 5.74) is 0.0564. The van der Waals surface area contributed by atoms with Crippen molar-refractivity contribution in [2.24, 2.45) is 11.8 Å². The van der Waals surface area contributed by atoms with Gasteiger partial charge < -0.3 is 15.1 Å². The zero-order valence-electron chi connectivity index (χ0n) is 13.2. The van der Waals surface area contributed by atoms with Crippen LogP contribution >= 0.6 is 0 Å². The maximum atomic E-state index is 5.60. The van der Waals surface area contributed by atoms with Crippen molar-refractivity contribution in [3.8, 4) is 0 Å². The summed E-state index contributed by atoms with van der Waals surface area (Å²) in [4.78, 5) is 0. The van der Waals surface area contributed by atoms with E-state index >= 15 is 0 Å². The molecule has 0 saturated heterocycles. The number of rotatable bonds is 5. The van der Waals surface area contributed by atoms with Crippen LogP contribution < -0.4 is 10.6 Å². The Bertz CT molecular complexity index is 402. The Labute approximate surface area is 121 Å². The molecule has 0 aliphatic heterocycles. The molecule has 1 heterocycles. The third-order valence-electron chi connectivity index (χ3n) is 3.91. The number of aromatic nitrogens is 2. The van der Waals surface area contributed by atoms with E-state index in [2.05, 4.69) is 48.5 Å². The first-order valence-electron chi connectivity index (χ1n) is 7.73. The fourth-order valence-electron chi connectivity index (χ4n) is 2.50. The molecule has 1 aromatic heterocycles. The highest BCUT2D eigenvalue weighted by Crippen LogP contribution is 2.28. The summed E-state index contributed by atoms with van der Waals surface area (Å²) in [6.07, 6.45) is 5.30. The second kappa shape index (κ2) is 6.57. The Kier molecular flexibility index (Phi) is 5.02. The summed E-state index contributed by atoms with van der Waals surface area (Å²) in [6, 6.07) is 0.550. The van der Waals surface area contributed by atoms with Crippen LogP contribution in [0.1, 0.15) is 59.3 Å². The summed E-state index contributed by atoms with van der Waals surface area (Å²) < 4.78 is 5.60. The first kappa shape index (κ1) is 15.3. The molecular formula is C15H28N4O. The van der Waals surface area contributed by atoms with E-state index in [-0.39, 0.29) is 5.54 Å². The van der Waals surface area contributed by atoms with Gasteiger partial charge in [-0.05, 0) is 45.4 Å². The van der Waals surface area contributed by atoms with Gasteiger partial charge in [0.15, 0.2) is 0 Å². The van der Waals surface area contributed by atoms with Crippen LogP contribution in [0.4, 0.5) is 6.01 Å². The molecule has 0 radical (unpaired) electrons. The molecule has 1 aliphatic carbocycles. The topological polar surface area (TPSA) is 63.0 Å². The lowest BCUT2D eigenvalue weighted by Gasteiger charge is -2.25. The van der Waals surface area contributed by atoms with Crippen LogP contribution in [-0.2, 0) is 6.54 Å². The highest BCUT2D eigenvalue weighted by Gasteiger charge is 2.19. The SMILES string of the molecule is CC1CCC(CNc2nnc(CNC(C)(C)C)o2)CC1. The van der Waals surface area contributed by atoms with Crippen LogP contribution in [-0.4, -0.2) is 22.3 Å². The molecule has 0 aromatic carbocycles. The fraction of sp³-hybridized carbons (Fsp3) is 0.867. The van der Waals surface area contributed by atoms with Crippen LogP contribution in [0.15, 0.2) is 4.42 Å². The van der Waals surface area contributed by atoms with Crippen LogP contribution in [0.25, 0.3) is 0 Å². The van der Waals surface area contributed by atoms with E-state index in [0.29, 0.717) is 18.5 Å². The highest BCUT2D eigenvalue weighted by molar-refractivity contribution is 5.16. The summed E-state index contributed by atoms with van der Waals surface area (Å²) >= 11 is 0. The van der Waals surface area contributed by atoms with Gasteiger partial charge in [0.2, 0.25) is 5.89 Å². The lowest BCUT2D eigenvalue weighted by atomic mass is 9.83. The molecule has 2 rings (SSSR count). The molecule has 0 bridgehead atoms. The number of nitrogens with one attached hydrogen (secondary N) is 2. The molecule has 114 valence electrons. The number of hydrogen-bond donors (Lipinski definition) is 2. The molecule has 1 aromatic rings.